The molecule has 0 aliphatic heterocycles. The van der Waals surface area contributed by atoms with Crippen molar-refractivity contribution in [3.05, 3.63) is 48.3 Å². The smallest absolute Gasteiger partial charge is 0.191 e. The van der Waals surface area contributed by atoms with Gasteiger partial charge in [-0.05, 0) is 38.5 Å². The molecule has 0 aliphatic carbocycles. The van der Waals surface area contributed by atoms with Crippen LogP contribution in [0.15, 0.2) is 41.9 Å². The molecule has 0 amide bonds. The van der Waals surface area contributed by atoms with Crippen LogP contribution in [0.5, 0.6) is 0 Å². The van der Waals surface area contributed by atoms with Crippen LogP contribution >= 0.6 is 24.0 Å². The summed E-state index contributed by atoms with van der Waals surface area (Å²) in [5.74, 6) is 0.448. The Balaban J connectivity index is 0.00000264. The molecule has 0 unspecified atom stereocenters. The minimum atomic E-state index is -0.285. The van der Waals surface area contributed by atoms with Gasteiger partial charge in [0, 0.05) is 25.0 Å². The first kappa shape index (κ1) is 19.4. The number of imidazole rings is 1. The van der Waals surface area contributed by atoms with Crippen LogP contribution in [0.25, 0.3) is 5.69 Å². The minimum absolute atomic E-state index is 0. The zero-order valence-corrected chi connectivity index (χ0v) is 15.9. The highest BCUT2D eigenvalue weighted by atomic mass is 127. The van der Waals surface area contributed by atoms with Crippen LogP contribution in [0.2, 0.25) is 0 Å². The normalized spacial score (nSPS) is 11.3. The Labute approximate surface area is 153 Å². The van der Waals surface area contributed by atoms with Gasteiger partial charge in [-0.3, -0.25) is 0 Å². The van der Waals surface area contributed by atoms with E-state index >= 15 is 0 Å². The molecule has 0 saturated heterocycles. The predicted molar refractivity (Wildman–Crippen MR) is 102 cm³/mol. The molecule has 126 valence electrons. The van der Waals surface area contributed by atoms with Gasteiger partial charge in [0.1, 0.15) is 5.82 Å². The first-order chi connectivity index (χ1) is 10.6. The van der Waals surface area contributed by atoms with Crippen molar-refractivity contribution in [3.8, 4) is 5.69 Å². The molecule has 0 bridgehead atoms. The topological polar surface area (TPSA) is 54.2 Å². The van der Waals surface area contributed by atoms with E-state index in [1.165, 1.54) is 6.07 Å². The average Bonchev–Trinajstić information content (AvgIpc) is 2.98. The maximum atomic E-state index is 14.2. The van der Waals surface area contributed by atoms with Crippen LogP contribution in [-0.2, 0) is 6.54 Å². The van der Waals surface area contributed by atoms with Gasteiger partial charge >= 0.3 is 0 Å². The quantitative estimate of drug-likeness (QED) is 0.435. The molecule has 0 saturated carbocycles. The number of hydrogen-bond donors (Lipinski definition) is 2. The van der Waals surface area contributed by atoms with E-state index in [1.54, 1.807) is 29.4 Å². The monoisotopic (exact) mass is 431 g/mol. The number of nitrogens with one attached hydrogen (secondary N) is 2. The van der Waals surface area contributed by atoms with Gasteiger partial charge < -0.3 is 15.2 Å². The van der Waals surface area contributed by atoms with Gasteiger partial charge in [-0.25, -0.2) is 14.4 Å². The van der Waals surface area contributed by atoms with Gasteiger partial charge in [-0.2, -0.15) is 0 Å². The van der Waals surface area contributed by atoms with E-state index < -0.39 is 0 Å². The summed E-state index contributed by atoms with van der Waals surface area (Å²) in [6, 6.07) is 5.42. The molecule has 7 heteroatoms. The number of halogens is 2. The summed E-state index contributed by atoms with van der Waals surface area (Å²) >= 11 is 0. The third kappa shape index (κ3) is 5.81. The van der Waals surface area contributed by atoms with Crippen molar-refractivity contribution >= 4 is 29.9 Å². The van der Waals surface area contributed by atoms with Crippen LogP contribution in [0.3, 0.4) is 0 Å². The van der Waals surface area contributed by atoms with Crippen LogP contribution in [0.4, 0.5) is 4.39 Å². The molecule has 1 heterocycles. The second-order valence-corrected chi connectivity index (χ2v) is 5.25. The number of nitrogens with zero attached hydrogens (tertiary/aromatic N) is 3. The number of aliphatic imine (C=N–C) groups is 1. The summed E-state index contributed by atoms with van der Waals surface area (Å²) in [6.45, 7) is 7.31. The van der Waals surface area contributed by atoms with E-state index in [1.807, 2.05) is 26.8 Å². The Morgan fingerprint density at radius 3 is 2.74 bits per heavy atom. The standard InChI is InChI=1S/C16H22FN5.HI/c1-4-19-16(21-12(2)3)20-10-13-5-6-15(14(17)9-13)22-8-7-18-11-22;/h5-9,11-12H,4,10H2,1-3H3,(H2,19,20,21);1H. The van der Waals surface area contributed by atoms with Crippen LogP contribution in [-0.4, -0.2) is 28.1 Å². The Bertz CT molecular complexity index is 625. The molecule has 0 radical (unpaired) electrons. The zero-order valence-electron chi connectivity index (χ0n) is 13.6. The van der Waals surface area contributed by atoms with Crippen molar-refractivity contribution in [2.75, 3.05) is 6.54 Å². The Morgan fingerprint density at radius 2 is 2.17 bits per heavy atom. The largest absolute Gasteiger partial charge is 0.357 e. The van der Waals surface area contributed by atoms with E-state index in [2.05, 4.69) is 20.6 Å². The van der Waals surface area contributed by atoms with Crippen LogP contribution in [0, 0.1) is 5.82 Å². The lowest BCUT2D eigenvalue weighted by Crippen LogP contribution is -2.41. The van der Waals surface area contributed by atoms with Gasteiger partial charge in [-0.1, -0.05) is 6.07 Å². The third-order valence-corrected chi connectivity index (χ3v) is 2.98. The molecule has 0 spiro atoms. The predicted octanol–water partition coefficient (Wildman–Crippen LogP) is 3.09. The first-order valence-corrected chi connectivity index (χ1v) is 7.41. The van der Waals surface area contributed by atoms with Crippen molar-refractivity contribution < 1.29 is 4.39 Å². The summed E-state index contributed by atoms with van der Waals surface area (Å²) in [5, 5.41) is 6.40. The first-order valence-electron chi connectivity index (χ1n) is 7.41. The highest BCUT2D eigenvalue weighted by molar-refractivity contribution is 14.0. The molecular formula is C16H23FIN5. The number of aromatic nitrogens is 2. The second-order valence-electron chi connectivity index (χ2n) is 5.25. The number of rotatable bonds is 5. The lowest BCUT2D eigenvalue weighted by atomic mass is 10.2. The molecule has 0 fully saturated rings. The Kier molecular flexibility index (Phi) is 8.01. The fourth-order valence-electron chi connectivity index (χ4n) is 2.02. The molecule has 0 atom stereocenters. The van der Waals surface area contributed by atoms with Gasteiger partial charge in [0.25, 0.3) is 0 Å². The lowest BCUT2D eigenvalue weighted by molar-refractivity contribution is 0.615. The number of benzene rings is 1. The van der Waals surface area contributed by atoms with Crippen molar-refractivity contribution in [2.24, 2.45) is 4.99 Å². The van der Waals surface area contributed by atoms with Gasteiger partial charge in [0.15, 0.2) is 5.96 Å². The van der Waals surface area contributed by atoms with Crippen LogP contribution < -0.4 is 10.6 Å². The van der Waals surface area contributed by atoms with Gasteiger partial charge in [0.2, 0.25) is 0 Å². The summed E-state index contributed by atoms with van der Waals surface area (Å²) < 4.78 is 15.8. The van der Waals surface area contributed by atoms with Gasteiger partial charge in [-0.15, -0.1) is 24.0 Å². The van der Waals surface area contributed by atoms with Gasteiger partial charge in [0.05, 0.1) is 18.6 Å². The summed E-state index contributed by atoms with van der Waals surface area (Å²) in [6.07, 6.45) is 4.91. The highest BCUT2D eigenvalue weighted by Gasteiger charge is 2.06. The summed E-state index contributed by atoms with van der Waals surface area (Å²) in [4.78, 5) is 8.39. The van der Waals surface area contributed by atoms with E-state index in [-0.39, 0.29) is 35.8 Å². The summed E-state index contributed by atoms with van der Waals surface area (Å²) in [7, 11) is 0. The lowest BCUT2D eigenvalue weighted by Gasteiger charge is -2.14. The molecule has 5 nitrogen and oxygen atoms in total. The second kappa shape index (κ2) is 9.49. The fraction of sp³-hybridized carbons (Fsp3) is 0.375. The maximum Gasteiger partial charge on any atom is 0.191 e. The van der Waals surface area contributed by atoms with Crippen LogP contribution in [0.1, 0.15) is 26.3 Å². The molecule has 23 heavy (non-hydrogen) atoms. The molecule has 0 aliphatic rings. The maximum absolute atomic E-state index is 14.2. The highest BCUT2D eigenvalue weighted by Crippen LogP contribution is 2.15. The average molecular weight is 431 g/mol. The molecular weight excluding hydrogens is 408 g/mol. The fourth-order valence-corrected chi connectivity index (χ4v) is 2.02. The van der Waals surface area contributed by atoms with E-state index in [0.717, 1.165) is 18.1 Å². The van der Waals surface area contributed by atoms with E-state index in [4.69, 9.17) is 0 Å². The van der Waals surface area contributed by atoms with Crippen molar-refractivity contribution in [1.82, 2.24) is 20.2 Å². The SMILES string of the molecule is CCNC(=NCc1ccc(-n2ccnc2)c(F)c1)NC(C)C.I. The Morgan fingerprint density at radius 1 is 1.39 bits per heavy atom. The van der Waals surface area contributed by atoms with Crippen molar-refractivity contribution in [3.63, 3.8) is 0 Å². The number of guanidine groups is 1. The van der Waals surface area contributed by atoms with E-state index in [0.29, 0.717) is 12.2 Å². The minimum Gasteiger partial charge on any atom is -0.357 e. The van der Waals surface area contributed by atoms with Crippen molar-refractivity contribution in [1.29, 1.82) is 0 Å². The van der Waals surface area contributed by atoms with Crippen molar-refractivity contribution in [2.45, 2.75) is 33.4 Å². The zero-order chi connectivity index (χ0) is 15.9. The van der Waals surface area contributed by atoms with E-state index in [9.17, 15) is 4.39 Å². The third-order valence-electron chi connectivity index (χ3n) is 2.98. The molecule has 2 N–H and O–H groups in total. The molecule has 2 rings (SSSR count). The molecule has 2 aromatic rings. The number of hydrogen-bond acceptors (Lipinski definition) is 2. The Hall–Kier alpha value is -1.64. The molecule has 1 aromatic carbocycles. The molecule has 1 aromatic heterocycles. The summed E-state index contributed by atoms with van der Waals surface area (Å²) in [5.41, 5.74) is 1.31.